The molecule has 0 bridgehead atoms. The zero-order valence-corrected chi connectivity index (χ0v) is 13.4. The Labute approximate surface area is 122 Å². The number of carbonyl (C=O) groups excluding carboxylic acids is 1. The van der Waals surface area contributed by atoms with Crippen LogP contribution in [0.4, 0.5) is 0 Å². The highest BCUT2D eigenvalue weighted by molar-refractivity contribution is 9.11. The lowest BCUT2D eigenvalue weighted by molar-refractivity contribution is 0.0765. The summed E-state index contributed by atoms with van der Waals surface area (Å²) in [5.41, 5.74) is 1.15. The number of hydrogen-bond acceptors (Lipinski definition) is 2. The molecule has 2 nitrogen and oxygen atoms in total. The third-order valence-corrected chi connectivity index (χ3v) is 5.80. The Morgan fingerprint density at radius 2 is 2.11 bits per heavy atom. The molecule has 1 aromatic heterocycles. The van der Waals surface area contributed by atoms with Crippen molar-refractivity contribution in [3.63, 3.8) is 0 Å². The van der Waals surface area contributed by atoms with Crippen LogP contribution in [-0.2, 0) is 0 Å². The van der Waals surface area contributed by atoms with Gasteiger partial charge in [-0.2, -0.15) is 0 Å². The first-order chi connectivity index (χ1) is 8.58. The fourth-order valence-electron chi connectivity index (χ4n) is 2.59. The summed E-state index contributed by atoms with van der Waals surface area (Å²) in [5.74, 6) is 0.872. The van der Waals surface area contributed by atoms with Crippen LogP contribution in [0.3, 0.4) is 0 Å². The first kappa shape index (κ1) is 14.1. The average molecular weight is 330 g/mol. The summed E-state index contributed by atoms with van der Waals surface area (Å²) in [4.78, 5) is 15.0. The van der Waals surface area contributed by atoms with E-state index < -0.39 is 0 Å². The highest BCUT2D eigenvalue weighted by Gasteiger charge is 2.20. The Hall–Kier alpha value is -0.350. The van der Waals surface area contributed by atoms with Crippen molar-refractivity contribution in [2.75, 3.05) is 13.6 Å². The molecule has 1 aliphatic carbocycles. The van der Waals surface area contributed by atoms with Crippen LogP contribution in [0.1, 0.15) is 47.3 Å². The van der Waals surface area contributed by atoms with Gasteiger partial charge in [-0.15, -0.1) is 11.3 Å². The summed E-state index contributed by atoms with van der Waals surface area (Å²) >= 11 is 5.02. The SMILES string of the molecule is Cc1cc(C(=O)N(C)CC2CCCCC2)sc1Br. The summed E-state index contributed by atoms with van der Waals surface area (Å²) in [5, 5.41) is 0. The number of nitrogens with zero attached hydrogens (tertiary/aromatic N) is 1. The molecular weight excluding hydrogens is 310 g/mol. The third-order valence-electron chi connectivity index (χ3n) is 3.67. The van der Waals surface area contributed by atoms with Crippen LogP contribution in [0.2, 0.25) is 0 Å². The molecule has 0 aromatic carbocycles. The van der Waals surface area contributed by atoms with Crippen molar-refractivity contribution >= 4 is 33.2 Å². The van der Waals surface area contributed by atoms with Gasteiger partial charge in [-0.25, -0.2) is 0 Å². The molecule has 0 spiro atoms. The predicted octanol–water partition coefficient (Wildman–Crippen LogP) is 4.47. The van der Waals surface area contributed by atoms with Crippen molar-refractivity contribution < 1.29 is 4.79 Å². The normalized spacial score (nSPS) is 16.8. The quantitative estimate of drug-likeness (QED) is 0.801. The molecule has 0 N–H and O–H groups in total. The first-order valence-corrected chi connectivity index (χ1v) is 8.20. The summed E-state index contributed by atoms with van der Waals surface area (Å²) < 4.78 is 1.07. The number of carbonyl (C=O) groups is 1. The van der Waals surface area contributed by atoms with Gasteiger partial charge in [-0.3, -0.25) is 4.79 Å². The molecular formula is C14H20BrNOS. The number of aryl methyl sites for hydroxylation is 1. The zero-order valence-electron chi connectivity index (χ0n) is 11.0. The maximum atomic E-state index is 12.3. The summed E-state index contributed by atoms with van der Waals surface area (Å²) in [7, 11) is 1.93. The number of thiophene rings is 1. The molecule has 1 aromatic rings. The molecule has 0 radical (unpaired) electrons. The molecule has 1 aliphatic rings. The van der Waals surface area contributed by atoms with Crippen LogP contribution in [0.15, 0.2) is 9.85 Å². The fourth-order valence-corrected chi connectivity index (χ4v) is 4.12. The molecule has 1 saturated carbocycles. The maximum absolute atomic E-state index is 12.3. The standard InChI is InChI=1S/C14H20BrNOS/c1-10-8-12(18-13(10)15)14(17)16(2)9-11-6-4-3-5-7-11/h8,11H,3-7,9H2,1-2H3. The Morgan fingerprint density at radius 3 is 2.67 bits per heavy atom. The average Bonchev–Trinajstić information content (AvgIpc) is 2.70. The van der Waals surface area contributed by atoms with Gasteiger partial charge < -0.3 is 4.90 Å². The largest absolute Gasteiger partial charge is 0.341 e. The lowest BCUT2D eigenvalue weighted by Gasteiger charge is -2.26. The number of halogens is 1. The van der Waals surface area contributed by atoms with E-state index >= 15 is 0 Å². The number of hydrogen-bond donors (Lipinski definition) is 0. The van der Waals surface area contributed by atoms with Crippen LogP contribution in [0, 0.1) is 12.8 Å². The van der Waals surface area contributed by atoms with E-state index in [1.165, 1.54) is 43.4 Å². The first-order valence-electron chi connectivity index (χ1n) is 6.59. The van der Waals surface area contributed by atoms with Crippen molar-refractivity contribution in [3.8, 4) is 0 Å². The topological polar surface area (TPSA) is 20.3 Å². The highest BCUT2D eigenvalue weighted by Crippen LogP contribution is 2.29. The van der Waals surface area contributed by atoms with Crippen LogP contribution in [0.25, 0.3) is 0 Å². The summed E-state index contributed by atoms with van der Waals surface area (Å²) in [6.07, 6.45) is 6.59. The molecule has 0 saturated heterocycles. The van der Waals surface area contributed by atoms with Gasteiger partial charge in [-0.1, -0.05) is 19.3 Å². The van der Waals surface area contributed by atoms with E-state index in [0.29, 0.717) is 5.92 Å². The monoisotopic (exact) mass is 329 g/mol. The Morgan fingerprint density at radius 1 is 1.44 bits per heavy atom. The molecule has 0 atom stereocenters. The Balaban J connectivity index is 1.95. The Kier molecular flexibility index (Phi) is 4.84. The molecule has 4 heteroatoms. The Bertz CT molecular complexity index is 404. The summed E-state index contributed by atoms with van der Waals surface area (Å²) in [6.45, 7) is 2.94. The molecule has 0 aliphatic heterocycles. The molecule has 0 unspecified atom stereocenters. The molecule has 2 rings (SSSR count). The minimum atomic E-state index is 0.166. The molecule has 18 heavy (non-hydrogen) atoms. The predicted molar refractivity (Wildman–Crippen MR) is 80.3 cm³/mol. The molecule has 1 fully saturated rings. The van der Waals surface area contributed by atoms with Crippen molar-refractivity contribution in [1.29, 1.82) is 0 Å². The number of rotatable bonds is 3. The smallest absolute Gasteiger partial charge is 0.263 e. The lowest BCUT2D eigenvalue weighted by atomic mass is 9.89. The van der Waals surface area contributed by atoms with Crippen LogP contribution in [0.5, 0.6) is 0 Å². The van der Waals surface area contributed by atoms with E-state index in [2.05, 4.69) is 15.9 Å². The second kappa shape index (κ2) is 6.20. The van der Waals surface area contributed by atoms with E-state index in [4.69, 9.17) is 0 Å². The van der Waals surface area contributed by atoms with Crippen molar-refractivity contribution in [1.82, 2.24) is 4.90 Å². The van der Waals surface area contributed by atoms with Crippen molar-refractivity contribution in [2.24, 2.45) is 5.92 Å². The van der Waals surface area contributed by atoms with Gasteiger partial charge >= 0.3 is 0 Å². The van der Waals surface area contributed by atoms with E-state index in [1.54, 1.807) is 0 Å². The van der Waals surface area contributed by atoms with Crippen LogP contribution in [-0.4, -0.2) is 24.4 Å². The molecule has 1 amide bonds. The molecule has 1 heterocycles. The van der Waals surface area contributed by atoms with Gasteiger partial charge in [-0.05, 0) is 53.2 Å². The van der Waals surface area contributed by atoms with E-state index in [1.807, 2.05) is 24.9 Å². The number of amides is 1. The highest BCUT2D eigenvalue weighted by atomic mass is 79.9. The fraction of sp³-hybridized carbons (Fsp3) is 0.643. The van der Waals surface area contributed by atoms with Gasteiger partial charge in [0.2, 0.25) is 0 Å². The van der Waals surface area contributed by atoms with Gasteiger partial charge in [0, 0.05) is 13.6 Å². The van der Waals surface area contributed by atoms with Crippen LogP contribution < -0.4 is 0 Å². The van der Waals surface area contributed by atoms with Gasteiger partial charge in [0.1, 0.15) is 0 Å². The van der Waals surface area contributed by atoms with Gasteiger partial charge in [0.15, 0.2) is 0 Å². The second-order valence-electron chi connectivity index (χ2n) is 5.26. The second-order valence-corrected chi connectivity index (χ2v) is 7.63. The van der Waals surface area contributed by atoms with Gasteiger partial charge in [0.05, 0.1) is 8.66 Å². The van der Waals surface area contributed by atoms with Crippen molar-refractivity contribution in [2.45, 2.75) is 39.0 Å². The van der Waals surface area contributed by atoms with E-state index in [9.17, 15) is 4.79 Å². The van der Waals surface area contributed by atoms with E-state index in [-0.39, 0.29) is 5.91 Å². The van der Waals surface area contributed by atoms with E-state index in [0.717, 1.165) is 20.8 Å². The van der Waals surface area contributed by atoms with Crippen molar-refractivity contribution in [3.05, 3.63) is 20.3 Å². The van der Waals surface area contributed by atoms with Crippen LogP contribution >= 0.6 is 27.3 Å². The van der Waals surface area contributed by atoms with Gasteiger partial charge in [0.25, 0.3) is 5.91 Å². The maximum Gasteiger partial charge on any atom is 0.263 e. The lowest BCUT2D eigenvalue weighted by Crippen LogP contribution is -2.32. The minimum absolute atomic E-state index is 0.166. The zero-order chi connectivity index (χ0) is 13.1. The molecule has 100 valence electrons. The summed E-state index contributed by atoms with van der Waals surface area (Å²) in [6, 6.07) is 1.98. The minimum Gasteiger partial charge on any atom is -0.341 e. The third kappa shape index (κ3) is 3.35.